The van der Waals surface area contributed by atoms with Crippen LogP contribution < -0.4 is 10.1 Å². The van der Waals surface area contributed by atoms with Gasteiger partial charge in [0.15, 0.2) is 0 Å². The molecule has 2 aromatic rings. The Morgan fingerprint density at radius 1 is 1.43 bits per heavy atom. The van der Waals surface area contributed by atoms with Gasteiger partial charge in [-0.2, -0.15) is 0 Å². The van der Waals surface area contributed by atoms with Gasteiger partial charge in [-0.05, 0) is 18.6 Å². The molecule has 1 heterocycles. The fraction of sp³-hybridized carbons (Fsp3) is 0.357. The number of unbranched alkanes of at least 4 members (excludes halogenated alkanes) is 1. The van der Waals surface area contributed by atoms with Crippen LogP contribution in [0.5, 0.6) is 5.75 Å². The number of carbonyl (C=O) groups excluding carboxylic acids is 1. The second-order valence-corrected chi connectivity index (χ2v) is 5.47. The van der Waals surface area contributed by atoms with Crippen molar-refractivity contribution in [3.05, 3.63) is 34.6 Å². The lowest BCUT2D eigenvalue weighted by Gasteiger charge is -2.04. The third-order valence-electron chi connectivity index (χ3n) is 2.85. The van der Waals surface area contributed by atoms with E-state index in [1.165, 1.54) is 36.6 Å². The van der Waals surface area contributed by atoms with Gasteiger partial charge in [0.05, 0.1) is 12.7 Å². The van der Waals surface area contributed by atoms with E-state index in [1.54, 1.807) is 0 Å². The molecule has 0 radical (unpaired) electrons. The predicted octanol–water partition coefficient (Wildman–Crippen LogP) is 3.28. The van der Waals surface area contributed by atoms with Crippen molar-refractivity contribution in [2.24, 2.45) is 0 Å². The molecule has 2 rings (SSSR count). The average molecular weight is 309 g/mol. The molecule has 0 unspecified atom stereocenters. The van der Waals surface area contributed by atoms with Gasteiger partial charge < -0.3 is 4.74 Å². The van der Waals surface area contributed by atoms with Gasteiger partial charge in [0.25, 0.3) is 5.91 Å². The quantitative estimate of drug-likeness (QED) is 0.889. The molecule has 0 saturated carbocycles. The monoisotopic (exact) mass is 309 g/mol. The molecule has 21 heavy (non-hydrogen) atoms. The smallest absolute Gasteiger partial charge is 0.260 e. The summed E-state index contributed by atoms with van der Waals surface area (Å²) in [6.07, 6.45) is 2.93. The van der Waals surface area contributed by atoms with E-state index in [4.69, 9.17) is 4.74 Å². The first-order valence-corrected chi connectivity index (χ1v) is 7.43. The van der Waals surface area contributed by atoms with Crippen LogP contribution in [-0.4, -0.2) is 23.2 Å². The number of benzene rings is 1. The number of aromatic nitrogens is 2. The van der Waals surface area contributed by atoms with E-state index in [1.807, 2.05) is 0 Å². The van der Waals surface area contributed by atoms with Crippen LogP contribution in [0.2, 0.25) is 0 Å². The number of ether oxygens (including phenoxy) is 1. The lowest BCUT2D eigenvalue weighted by Crippen LogP contribution is -2.13. The van der Waals surface area contributed by atoms with E-state index >= 15 is 0 Å². The van der Waals surface area contributed by atoms with Crippen LogP contribution in [0.4, 0.5) is 9.52 Å². The molecule has 1 aromatic heterocycles. The van der Waals surface area contributed by atoms with Gasteiger partial charge >= 0.3 is 0 Å². The first kappa shape index (κ1) is 15.4. The zero-order valence-corrected chi connectivity index (χ0v) is 12.7. The second-order valence-electron chi connectivity index (χ2n) is 4.40. The van der Waals surface area contributed by atoms with Gasteiger partial charge in [-0.25, -0.2) is 4.39 Å². The molecule has 1 aromatic carbocycles. The summed E-state index contributed by atoms with van der Waals surface area (Å²) >= 11 is 1.31. The Bertz CT molecular complexity index is 630. The van der Waals surface area contributed by atoms with Gasteiger partial charge in [-0.1, -0.05) is 24.7 Å². The number of nitrogens with one attached hydrogen (secondary N) is 1. The molecule has 0 atom stereocenters. The van der Waals surface area contributed by atoms with Crippen molar-refractivity contribution in [2.75, 3.05) is 12.4 Å². The molecule has 112 valence electrons. The summed E-state index contributed by atoms with van der Waals surface area (Å²) in [5.74, 6) is -0.822. The van der Waals surface area contributed by atoms with E-state index in [-0.39, 0.29) is 5.56 Å². The number of nitrogens with zero attached hydrogens (tertiary/aromatic N) is 2. The summed E-state index contributed by atoms with van der Waals surface area (Å²) < 4.78 is 18.7. The molecule has 5 nitrogen and oxygen atoms in total. The van der Waals surface area contributed by atoms with Crippen LogP contribution in [0, 0.1) is 5.82 Å². The highest BCUT2D eigenvalue weighted by Crippen LogP contribution is 2.20. The molecule has 0 saturated heterocycles. The fourth-order valence-electron chi connectivity index (χ4n) is 1.70. The summed E-state index contributed by atoms with van der Waals surface area (Å²) in [5, 5.41) is 11.7. The summed E-state index contributed by atoms with van der Waals surface area (Å²) in [5.41, 5.74) is -0.0545. The minimum absolute atomic E-state index is 0.0545. The Balaban J connectivity index is 2.05. The lowest BCUT2D eigenvalue weighted by atomic mass is 10.2. The topological polar surface area (TPSA) is 64.1 Å². The molecule has 1 N–H and O–H groups in total. The molecule has 0 fully saturated rings. The van der Waals surface area contributed by atoms with Crippen molar-refractivity contribution < 1.29 is 13.9 Å². The van der Waals surface area contributed by atoms with Crippen LogP contribution in [0.3, 0.4) is 0 Å². The average Bonchev–Trinajstić information content (AvgIpc) is 2.92. The van der Waals surface area contributed by atoms with Crippen LogP contribution in [-0.2, 0) is 6.42 Å². The normalized spacial score (nSPS) is 10.4. The van der Waals surface area contributed by atoms with Gasteiger partial charge in [-0.15, -0.1) is 10.2 Å². The zero-order chi connectivity index (χ0) is 15.2. The fourth-order valence-corrected chi connectivity index (χ4v) is 2.48. The number of hydrogen-bond acceptors (Lipinski definition) is 5. The molecule has 0 aliphatic carbocycles. The highest BCUT2D eigenvalue weighted by atomic mass is 32.1. The molecule has 7 heteroatoms. The summed E-state index contributed by atoms with van der Waals surface area (Å²) in [4.78, 5) is 12.0. The standard InChI is InChI=1S/C14H16FN3O2S/c1-3-4-5-12-17-18-14(21-12)16-13(19)10-7-6-9(20-2)8-11(10)15/h6-8H,3-5H2,1-2H3,(H,16,18,19). The third-order valence-corrected chi connectivity index (χ3v) is 3.75. The third kappa shape index (κ3) is 3.98. The van der Waals surface area contributed by atoms with Gasteiger partial charge in [0, 0.05) is 12.5 Å². The van der Waals surface area contributed by atoms with E-state index in [0.29, 0.717) is 10.9 Å². The van der Waals surface area contributed by atoms with Crippen molar-refractivity contribution in [3.63, 3.8) is 0 Å². The Kier molecular flexibility index (Phi) is 5.21. The lowest BCUT2D eigenvalue weighted by molar-refractivity contribution is 0.102. The number of anilines is 1. The number of rotatable bonds is 6. The largest absolute Gasteiger partial charge is 0.497 e. The highest BCUT2D eigenvalue weighted by molar-refractivity contribution is 7.15. The van der Waals surface area contributed by atoms with E-state index in [9.17, 15) is 9.18 Å². The first-order valence-electron chi connectivity index (χ1n) is 6.61. The van der Waals surface area contributed by atoms with Crippen LogP contribution in [0.25, 0.3) is 0 Å². The maximum atomic E-state index is 13.8. The van der Waals surface area contributed by atoms with Crippen molar-refractivity contribution >= 4 is 22.4 Å². The summed E-state index contributed by atoms with van der Waals surface area (Å²) in [7, 11) is 1.44. The van der Waals surface area contributed by atoms with Crippen molar-refractivity contribution in [1.82, 2.24) is 10.2 Å². The summed E-state index contributed by atoms with van der Waals surface area (Å²) in [6, 6.07) is 4.08. The zero-order valence-electron chi connectivity index (χ0n) is 11.9. The number of methoxy groups -OCH3 is 1. The van der Waals surface area contributed by atoms with E-state index in [2.05, 4.69) is 22.4 Å². The van der Waals surface area contributed by atoms with Crippen molar-refractivity contribution in [2.45, 2.75) is 26.2 Å². The van der Waals surface area contributed by atoms with E-state index in [0.717, 1.165) is 24.3 Å². The molecule has 1 amide bonds. The van der Waals surface area contributed by atoms with Crippen molar-refractivity contribution in [1.29, 1.82) is 0 Å². The minimum atomic E-state index is -0.637. The number of carbonyl (C=O) groups is 1. The molecule has 0 aliphatic heterocycles. The Morgan fingerprint density at radius 3 is 2.90 bits per heavy atom. The predicted molar refractivity (Wildman–Crippen MR) is 79.4 cm³/mol. The van der Waals surface area contributed by atoms with Gasteiger partial charge in [0.1, 0.15) is 16.6 Å². The SMILES string of the molecule is CCCCc1nnc(NC(=O)c2ccc(OC)cc2F)s1. The highest BCUT2D eigenvalue weighted by Gasteiger charge is 2.15. The number of halogens is 1. The first-order chi connectivity index (χ1) is 10.1. The van der Waals surface area contributed by atoms with Gasteiger partial charge in [0.2, 0.25) is 5.13 Å². The number of amides is 1. The summed E-state index contributed by atoms with van der Waals surface area (Å²) in [6.45, 7) is 2.09. The molecule has 0 aliphatic rings. The second kappa shape index (κ2) is 7.12. The Labute approximate surface area is 126 Å². The maximum Gasteiger partial charge on any atom is 0.260 e. The maximum absolute atomic E-state index is 13.8. The number of aryl methyl sites for hydroxylation is 1. The molecular formula is C14H16FN3O2S. The van der Waals surface area contributed by atoms with E-state index < -0.39 is 11.7 Å². The van der Waals surface area contributed by atoms with Crippen LogP contribution in [0.1, 0.15) is 35.1 Å². The molecular weight excluding hydrogens is 293 g/mol. The number of hydrogen-bond donors (Lipinski definition) is 1. The Hall–Kier alpha value is -2.02. The van der Waals surface area contributed by atoms with Crippen LogP contribution in [0.15, 0.2) is 18.2 Å². The minimum Gasteiger partial charge on any atom is -0.497 e. The van der Waals surface area contributed by atoms with Gasteiger partial charge in [-0.3, -0.25) is 10.1 Å². The van der Waals surface area contributed by atoms with Crippen LogP contribution >= 0.6 is 11.3 Å². The molecule has 0 spiro atoms. The van der Waals surface area contributed by atoms with Crippen molar-refractivity contribution in [3.8, 4) is 5.75 Å². The molecule has 0 bridgehead atoms. The Morgan fingerprint density at radius 2 is 2.24 bits per heavy atom.